The van der Waals surface area contributed by atoms with Gasteiger partial charge in [-0.1, -0.05) is 6.92 Å². The number of nitrogen functional groups attached to an aromatic ring is 1. The summed E-state index contributed by atoms with van der Waals surface area (Å²) in [5, 5.41) is 10.7. The van der Waals surface area contributed by atoms with Gasteiger partial charge in [0, 0.05) is 5.69 Å². The Morgan fingerprint density at radius 2 is 2.10 bits per heavy atom. The monoisotopic (exact) mass is 284 g/mol. The van der Waals surface area contributed by atoms with E-state index in [1.54, 1.807) is 18.2 Å². The van der Waals surface area contributed by atoms with E-state index in [1.807, 2.05) is 6.92 Å². The van der Waals surface area contributed by atoms with Gasteiger partial charge in [-0.2, -0.15) is 4.99 Å². The predicted molar refractivity (Wildman–Crippen MR) is 77.9 cm³/mol. The molecule has 2 aliphatic heterocycles. The van der Waals surface area contributed by atoms with Crippen molar-refractivity contribution in [2.45, 2.75) is 13.3 Å². The van der Waals surface area contributed by atoms with Gasteiger partial charge in [0.2, 0.25) is 11.5 Å². The van der Waals surface area contributed by atoms with Crippen molar-refractivity contribution in [2.24, 2.45) is 25.4 Å². The number of benzene rings is 1. The summed E-state index contributed by atoms with van der Waals surface area (Å²) in [4.78, 5) is 20.0. The number of rotatable bonds is 4. The van der Waals surface area contributed by atoms with Gasteiger partial charge in [-0.25, -0.2) is 4.99 Å². The predicted octanol–water partition coefficient (Wildman–Crippen LogP) is 1.56. The molecule has 1 amide bonds. The minimum absolute atomic E-state index is 0.0543. The molecule has 0 atom stereocenters. The molecule has 2 N–H and O–H groups in total. The highest BCUT2D eigenvalue weighted by atomic mass is 16.5. The fourth-order valence-corrected chi connectivity index (χ4v) is 1.87. The molecule has 8 nitrogen and oxygen atoms in total. The van der Waals surface area contributed by atoms with E-state index in [4.69, 9.17) is 10.5 Å². The Labute approximate surface area is 120 Å². The van der Waals surface area contributed by atoms with Crippen molar-refractivity contribution in [3.63, 3.8) is 0 Å². The number of hydrogen-bond donors (Lipinski definition) is 1. The first-order valence-electron chi connectivity index (χ1n) is 6.42. The van der Waals surface area contributed by atoms with Gasteiger partial charge in [-0.3, -0.25) is 4.79 Å². The molecule has 1 aromatic carbocycles. The fraction of sp³-hybridized carbons (Fsp3) is 0.231. The van der Waals surface area contributed by atoms with Gasteiger partial charge in [-0.05, 0) is 29.8 Å². The van der Waals surface area contributed by atoms with Crippen LogP contribution in [-0.2, 0) is 4.79 Å². The second-order valence-corrected chi connectivity index (χ2v) is 4.42. The molecule has 0 saturated carbocycles. The van der Waals surface area contributed by atoms with Crippen LogP contribution in [0.3, 0.4) is 0 Å². The number of nitrogens with zero attached hydrogens (tertiary/aromatic N) is 5. The summed E-state index contributed by atoms with van der Waals surface area (Å²) in [5.41, 5.74) is 6.92. The summed E-state index contributed by atoms with van der Waals surface area (Å²) in [6.45, 7) is 2.54. The van der Waals surface area contributed by atoms with Crippen LogP contribution in [-0.4, -0.2) is 29.9 Å². The van der Waals surface area contributed by atoms with Crippen LogP contribution in [0.2, 0.25) is 0 Å². The highest BCUT2D eigenvalue weighted by Crippen LogP contribution is 2.25. The Morgan fingerprint density at radius 3 is 2.90 bits per heavy atom. The van der Waals surface area contributed by atoms with Crippen molar-refractivity contribution in [1.82, 2.24) is 0 Å². The first kappa shape index (κ1) is 13.1. The molecular weight excluding hydrogens is 272 g/mol. The van der Waals surface area contributed by atoms with Gasteiger partial charge < -0.3 is 10.5 Å². The quantitative estimate of drug-likeness (QED) is 0.846. The standard InChI is InChI=1S/C13H12N6O2/c1-2-5-21-9-4-3-7(14)6-8(9)11-15-12-10(13(20)16-11)17-19-18-12/h3-4,6H,2,5,14H2,1H3. The van der Waals surface area contributed by atoms with E-state index >= 15 is 0 Å². The fourth-order valence-electron chi connectivity index (χ4n) is 1.87. The second-order valence-electron chi connectivity index (χ2n) is 4.42. The molecule has 2 aliphatic rings. The first-order chi connectivity index (χ1) is 10.2. The normalized spacial score (nSPS) is 16.2. The molecule has 0 aliphatic carbocycles. The molecule has 1 aromatic rings. The number of aliphatic imine (C=N–C) groups is 2. The summed E-state index contributed by atoms with van der Waals surface area (Å²) in [7, 11) is 0. The summed E-state index contributed by atoms with van der Waals surface area (Å²) < 4.78 is 5.64. The molecule has 0 aromatic heterocycles. The van der Waals surface area contributed by atoms with Crippen LogP contribution < -0.4 is 10.5 Å². The van der Waals surface area contributed by atoms with E-state index in [1.165, 1.54) is 0 Å². The molecule has 0 bridgehead atoms. The van der Waals surface area contributed by atoms with Crippen molar-refractivity contribution in [3.05, 3.63) is 23.8 Å². The third kappa shape index (κ3) is 2.42. The van der Waals surface area contributed by atoms with Crippen molar-refractivity contribution < 1.29 is 9.53 Å². The molecule has 0 radical (unpaired) electrons. The van der Waals surface area contributed by atoms with Gasteiger partial charge >= 0.3 is 5.91 Å². The summed E-state index contributed by atoms with van der Waals surface area (Å²) in [6, 6.07) is 5.11. The van der Waals surface area contributed by atoms with Crippen LogP contribution in [0.15, 0.2) is 43.6 Å². The highest BCUT2D eigenvalue weighted by molar-refractivity contribution is 6.69. The average Bonchev–Trinajstić information content (AvgIpc) is 2.95. The van der Waals surface area contributed by atoms with E-state index < -0.39 is 5.91 Å². The molecular formula is C13H12N6O2. The smallest absolute Gasteiger partial charge is 0.303 e. The summed E-state index contributed by atoms with van der Waals surface area (Å²) in [5.74, 6) is 0.406. The second kappa shape index (κ2) is 5.23. The van der Waals surface area contributed by atoms with Crippen molar-refractivity contribution >= 4 is 29.0 Å². The Morgan fingerprint density at radius 1 is 1.24 bits per heavy atom. The lowest BCUT2D eigenvalue weighted by Crippen LogP contribution is -2.26. The van der Waals surface area contributed by atoms with E-state index in [2.05, 4.69) is 25.4 Å². The lowest BCUT2D eigenvalue weighted by molar-refractivity contribution is -0.111. The van der Waals surface area contributed by atoms with Gasteiger partial charge in [0.1, 0.15) is 5.75 Å². The minimum atomic E-state index is -0.524. The molecule has 0 unspecified atom stereocenters. The van der Waals surface area contributed by atoms with Crippen molar-refractivity contribution in [1.29, 1.82) is 0 Å². The molecule has 2 heterocycles. The number of nitrogens with two attached hydrogens (primary N) is 1. The third-order valence-corrected chi connectivity index (χ3v) is 2.82. The molecule has 106 valence electrons. The first-order valence-corrected chi connectivity index (χ1v) is 6.42. The van der Waals surface area contributed by atoms with Crippen molar-refractivity contribution in [3.8, 4) is 5.75 Å². The van der Waals surface area contributed by atoms with E-state index in [0.29, 0.717) is 23.6 Å². The Bertz CT molecular complexity index is 732. The van der Waals surface area contributed by atoms with E-state index in [9.17, 15) is 4.79 Å². The zero-order valence-electron chi connectivity index (χ0n) is 11.3. The maximum absolute atomic E-state index is 11.9. The molecule has 0 spiro atoms. The number of amides is 1. The van der Waals surface area contributed by atoms with Crippen LogP contribution in [0, 0.1) is 0 Å². The largest absolute Gasteiger partial charge is 0.493 e. The van der Waals surface area contributed by atoms with E-state index in [0.717, 1.165) is 6.42 Å². The number of fused-ring (bicyclic) bond motifs is 1. The van der Waals surface area contributed by atoms with Crippen LogP contribution in [0.1, 0.15) is 18.9 Å². The molecule has 3 rings (SSSR count). The molecule has 0 saturated heterocycles. The number of anilines is 1. The summed E-state index contributed by atoms with van der Waals surface area (Å²) >= 11 is 0. The van der Waals surface area contributed by atoms with Gasteiger partial charge in [0.05, 0.1) is 12.2 Å². The van der Waals surface area contributed by atoms with Crippen LogP contribution in [0.4, 0.5) is 5.69 Å². The zero-order chi connectivity index (χ0) is 14.8. The van der Waals surface area contributed by atoms with Gasteiger partial charge in [0.15, 0.2) is 5.84 Å². The SMILES string of the molecule is CCCOc1ccc(N)cc1C1=NC(=O)C2=NN=NC2=N1. The van der Waals surface area contributed by atoms with Crippen LogP contribution >= 0.6 is 0 Å². The summed E-state index contributed by atoms with van der Waals surface area (Å²) in [6.07, 6.45) is 0.856. The third-order valence-electron chi connectivity index (χ3n) is 2.82. The lowest BCUT2D eigenvalue weighted by Gasteiger charge is -2.13. The number of amidine groups is 2. The number of carbonyl (C=O) groups is 1. The number of ether oxygens (including phenoxy) is 1. The highest BCUT2D eigenvalue weighted by Gasteiger charge is 2.29. The van der Waals surface area contributed by atoms with Gasteiger partial charge in [-0.15, -0.1) is 10.2 Å². The van der Waals surface area contributed by atoms with Crippen LogP contribution in [0.5, 0.6) is 5.75 Å². The Hall–Kier alpha value is -2.90. The zero-order valence-corrected chi connectivity index (χ0v) is 11.3. The lowest BCUT2D eigenvalue weighted by atomic mass is 10.1. The number of hydrogen-bond acceptors (Lipinski definition) is 7. The van der Waals surface area contributed by atoms with E-state index in [-0.39, 0.29) is 17.4 Å². The topological polar surface area (TPSA) is 114 Å². The Balaban J connectivity index is 2.04. The maximum atomic E-state index is 11.9. The van der Waals surface area contributed by atoms with Crippen LogP contribution in [0.25, 0.3) is 0 Å². The average molecular weight is 284 g/mol. The Kier molecular flexibility index (Phi) is 3.27. The maximum Gasteiger partial charge on any atom is 0.303 e. The van der Waals surface area contributed by atoms with Crippen molar-refractivity contribution in [2.75, 3.05) is 12.3 Å². The number of carbonyl (C=O) groups excluding carboxylic acids is 1. The van der Waals surface area contributed by atoms with Gasteiger partial charge in [0.25, 0.3) is 0 Å². The molecule has 0 fully saturated rings. The molecule has 21 heavy (non-hydrogen) atoms. The minimum Gasteiger partial charge on any atom is -0.493 e. The molecule has 8 heteroatoms.